The summed E-state index contributed by atoms with van der Waals surface area (Å²) in [5, 5.41) is 3.65. The molecule has 96 valence electrons. The van der Waals surface area contributed by atoms with Crippen LogP contribution >= 0.6 is 0 Å². The average Bonchev–Trinajstić information content (AvgIpc) is 3.06. The van der Waals surface area contributed by atoms with Crippen LogP contribution in [0.3, 0.4) is 0 Å². The number of fused-ring (bicyclic) bond motifs is 1. The van der Waals surface area contributed by atoms with Gasteiger partial charge in [-0.05, 0) is 36.5 Å². The molecule has 1 fully saturated rings. The number of hydrogen-bond acceptors (Lipinski definition) is 2. The van der Waals surface area contributed by atoms with E-state index in [1.807, 2.05) is 6.20 Å². The van der Waals surface area contributed by atoms with Gasteiger partial charge in [-0.15, -0.1) is 0 Å². The Balaban J connectivity index is 1.46. The van der Waals surface area contributed by atoms with E-state index in [2.05, 4.69) is 51.7 Å². The molecule has 2 aromatic rings. The molecule has 1 aromatic heterocycles. The van der Waals surface area contributed by atoms with Gasteiger partial charge in [0.2, 0.25) is 0 Å². The Morgan fingerprint density at radius 1 is 1.21 bits per heavy atom. The summed E-state index contributed by atoms with van der Waals surface area (Å²) < 4.78 is 0. The molecule has 0 amide bonds. The third-order valence-corrected chi connectivity index (χ3v) is 4.41. The van der Waals surface area contributed by atoms with Gasteiger partial charge < -0.3 is 10.3 Å². The minimum absolute atomic E-state index is 0.627. The molecular formula is C16H17N3. The van der Waals surface area contributed by atoms with Crippen molar-refractivity contribution in [2.75, 3.05) is 5.32 Å². The Hall–Kier alpha value is -2.03. The number of H-pyrrole nitrogens is 1. The maximum absolute atomic E-state index is 4.05. The van der Waals surface area contributed by atoms with Crippen molar-refractivity contribution in [1.29, 1.82) is 0 Å². The normalized spacial score (nSPS) is 27.9. The van der Waals surface area contributed by atoms with Gasteiger partial charge in [0, 0.05) is 17.6 Å². The molecule has 3 heteroatoms. The molecular weight excluding hydrogens is 234 g/mol. The number of imidazole rings is 1. The van der Waals surface area contributed by atoms with Crippen LogP contribution in [0.25, 0.3) is 11.3 Å². The minimum Gasteiger partial charge on any atom is -0.382 e. The SMILES string of the molecule is C1=CC2C(C1)CC2Nc1ccc(-c2cnc[nH]2)cc1. The Bertz CT molecular complexity index is 583. The van der Waals surface area contributed by atoms with Gasteiger partial charge in [0.05, 0.1) is 18.2 Å². The molecule has 2 aliphatic carbocycles. The molecule has 1 saturated carbocycles. The van der Waals surface area contributed by atoms with E-state index in [1.54, 1.807) is 6.33 Å². The predicted molar refractivity (Wildman–Crippen MR) is 76.8 cm³/mol. The lowest BCUT2D eigenvalue weighted by Crippen LogP contribution is -2.43. The molecule has 19 heavy (non-hydrogen) atoms. The summed E-state index contributed by atoms with van der Waals surface area (Å²) in [6.45, 7) is 0. The number of anilines is 1. The number of nitrogens with one attached hydrogen (secondary N) is 2. The Labute approximate surface area is 112 Å². The van der Waals surface area contributed by atoms with E-state index in [-0.39, 0.29) is 0 Å². The molecule has 0 bridgehead atoms. The van der Waals surface area contributed by atoms with Crippen LogP contribution in [-0.4, -0.2) is 16.0 Å². The zero-order valence-electron chi connectivity index (χ0n) is 10.7. The molecule has 3 unspecified atom stereocenters. The number of allylic oxidation sites excluding steroid dienone is 1. The van der Waals surface area contributed by atoms with Crippen LogP contribution in [0.4, 0.5) is 5.69 Å². The van der Waals surface area contributed by atoms with E-state index in [4.69, 9.17) is 0 Å². The van der Waals surface area contributed by atoms with Crippen LogP contribution < -0.4 is 5.32 Å². The van der Waals surface area contributed by atoms with Gasteiger partial charge in [-0.3, -0.25) is 0 Å². The van der Waals surface area contributed by atoms with E-state index in [9.17, 15) is 0 Å². The fourth-order valence-electron chi connectivity index (χ4n) is 3.26. The zero-order valence-corrected chi connectivity index (χ0v) is 10.7. The van der Waals surface area contributed by atoms with Crippen molar-refractivity contribution in [3.05, 3.63) is 48.9 Å². The second-order valence-electron chi connectivity index (χ2n) is 5.53. The van der Waals surface area contributed by atoms with Gasteiger partial charge in [-0.2, -0.15) is 0 Å². The number of rotatable bonds is 3. The van der Waals surface area contributed by atoms with E-state index >= 15 is 0 Å². The maximum atomic E-state index is 4.05. The molecule has 3 nitrogen and oxygen atoms in total. The maximum Gasteiger partial charge on any atom is 0.0924 e. The van der Waals surface area contributed by atoms with Gasteiger partial charge in [0.25, 0.3) is 0 Å². The van der Waals surface area contributed by atoms with E-state index < -0.39 is 0 Å². The molecule has 3 atom stereocenters. The van der Waals surface area contributed by atoms with Crippen LogP contribution in [-0.2, 0) is 0 Å². The van der Waals surface area contributed by atoms with E-state index in [1.165, 1.54) is 24.1 Å². The van der Waals surface area contributed by atoms with Crippen molar-refractivity contribution >= 4 is 5.69 Å². The summed E-state index contributed by atoms with van der Waals surface area (Å²) >= 11 is 0. The fourth-order valence-corrected chi connectivity index (χ4v) is 3.26. The highest BCUT2D eigenvalue weighted by molar-refractivity contribution is 5.62. The van der Waals surface area contributed by atoms with Crippen LogP contribution in [0.2, 0.25) is 0 Å². The van der Waals surface area contributed by atoms with Crippen molar-refractivity contribution < 1.29 is 0 Å². The fraction of sp³-hybridized carbons (Fsp3) is 0.312. The molecule has 4 rings (SSSR count). The van der Waals surface area contributed by atoms with E-state index in [0.29, 0.717) is 6.04 Å². The van der Waals surface area contributed by atoms with Gasteiger partial charge in [-0.1, -0.05) is 24.3 Å². The standard InChI is InChI=1S/C16H17N3/c1-2-12-8-15(14(12)3-1)19-13-6-4-11(5-7-13)16-9-17-10-18-16/h1,3-7,9-10,12,14-15,19H,2,8H2,(H,17,18). The number of hydrogen-bond donors (Lipinski definition) is 2. The topological polar surface area (TPSA) is 40.7 Å². The number of nitrogens with zero attached hydrogens (tertiary/aromatic N) is 1. The van der Waals surface area contributed by atoms with Crippen molar-refractivity contribution in [1.82, 2.24) is 9.97 Å². The predicted octanol–water partition coefficient (Wildman–Crippen LogP) is 3.45. The van der Waals surface area contributed by atoms with Crippen LogP contribution in [0.5, 0.6) is 0 Å². The average molecular weight is 251 g/mol. The Kier molecular flexibility index (Phi) is 2.44. The van der Waals surface area contributed by atoms with Crippen LogP contribution in [0.15, 0.2) is 48.9 Å². The van der Waals surface area contributed by atoms with Gasteiger partial charge in [-0.25, -0.2) is 4.98 Å². The monoisotopic (exact) mass is 251 g/mol. The molecule has 1 heterocycles. The van der Waals surface area contributed by atoms with Gasteiger partial charge in [0.1, 0.15) is 0 Å². The highest BCUT2D eigenvalue weighted by Crippen LogP contribution is 2.44. The lowest BCUT2D eigenvalue weighted by atomic mass is 9.71. The number of aromatic amines is 1. The quantitative estimate of drug-likeness (QED) is 0.820. The summed E-state index contributed by atoms with van der Waals surface area (Å²) in [5.74, 6) is 1.66. The number of aromatic nitrogens is 2. The van der Waals surface area contributed by atoms with Crippen molar-refractivity contribution in [3.8, 4) is 11.3 Å². The highest BCUT2D eigenvalue weighted by Gasteiger charge is 2.40. The van der Waals surface area contributed by atoms with E-state index in [0.717, 1.165) is 17.5 Å². The summed E-state index contributed by atoms with van der Waals surface area (Å²) in [6.07, 6.45) is 10.9. The Morgan fingerprint density at radius 2 is 2.11 bits per heavy atom. The highest BCUT2D eigenvalue weighted by atomic mass is 15.0. The summed E-state index contributed by atoms with van der Waals surface area (Å²) in [5.41, 5.74) is 3.45. The third-order valence-electron chi connectivity index (χ3n) is 4.41. The molecule has 2 N–H and O–H groups in total. The van der Waals surface area contributed by atoms with Crippen LogP contribution in [0.1, 0.15) is 12.8 Å². The third kappa shape index (κ3) is 1.86. The molecule has 1 aromatic carbocycles. The molecule has 0 aliphatic heterocycles. The summed E-state index contributed by atoms with van der Waals surface area (Å²) in [7, 11) is 0. The molecule has 0 spiro atoms. The molecule has 2 aliphatic rings. The summed E-state index contributed by atoms with van der Waals surface area (Å²) in [4.78, 5) is 7.17. The first-order valence-corrected chi connectivity index (χ1v) is 6.92. The minimum atomic E-state index is 0.627. The summed E-state index contributed by atoms with van der Waals surface area (Å²) in [6, 6.07) is 9.21. The first kappa shape index (κ1) is 10.9. The molecule has 0 radical (unpaired) electrons. The van der Waals surface area contributed by atoms with Crippen molar-refractivity contribution in [2.24, 2.45) is 11.8 Å². The smallest absolute Gasteiger partial charge is 0.0924 e. The first-order chi connectivity index (χ1) is 9.40. The largest absolute Gasteiger partial charge is 0.382 e. The van der Waals surface area contributed by atoms with Gasteiger partial charge >= 0.3 is 0 Å². The lowest BCUT2D eigenvalue weighted by molar-refractivity contribution is 0.218. The first-order valence-electron chi connectivity index (χ1n) is 6.92. The second-order valence-corrected chi connectivity index (χ2v) is 5.53. The molecule has 0 saturated heterocycles. The number of benzene rings is 1. The van der Waals surface area contributed by atoms with Crippen molar-refractivity contribution in [2.45, 2.75) is 18.9 Å². The zero-order chi connectivity index (χ0) is 12.7. The van der Waals surface area contributed by atoms with Crippen molar-refractivity contribution in [3.63, 3.8) is 0 Å². The lowest BCUT2D eigenvalue weighted by Gasteiger charge is -2.41. The Morgan fingerprint density at radius 3 is 2.84 bits per heavy atom. The van der Waals surface area contributed by atoms with Gasteiger partial charge in [0.15, 0.2) is 0 Å². The van der Waals surface area contributed by atoms with Crippen LogP contribution in [0, 0.1) is 11.8 Å². The second kappa shape index (κ2) is 4.26.